The van der Waals surface area contributed by atoms with Crippen LogP contribution in [0.3, 0.4) is 0 Å². The molecule has 2 atom stereocenters. The Hall–Kier alpha value is -0.820. The number of nitrogens with one attached hydrogen (secondary N) is 2. The molecule has 0 saturated carbocycles. The molecule has 7 heteroatoms. The van der Waals surface area contributed by atoms with Gasteiger partial charge in [0.2, 0.25) is 5.91 Å². The summed E-state index contributed by atoms with van der Waals surface area (Å²) in [5, 5.41) is 14.1. The van der Waals surface area contributed by atoms with E-state index in [1.165, 1.54) is 0 Å². The molecular formula is C13H23F3N2O2. The van der Waals surface area contributed by atoms with Crippen LogP contribution >= 0.6 is 0 Å². The summed E-state index contributed by atoms with van der Waals surface area (Å²) in [6, 6.07) is -0.500. The van der Waals surface area contributed by atoms with E-state index in [4.69, 9.17) is 5.11 Å². The smallest absolute Gasteiger partial charge is 0.396 e. The number of carbonyl (C=O) groups excluding carboxylic acids is 1. The van der Waals surface area contributed by atoms with Gasteiger partial charge in [-0.25, -0.2) is 0 Å². The predicted octanol–water partition coefficient (Wildman–Crippen LogP) is 1.44. The molecule has 3 N–H and O–H groups in total. The van der Waals surface area contributed by atoms with Crippen LogP contribution in [0.5, 0.6) is 0 Å². The lowest BCUT2D eigenvalue weighted by Crippen LogP contribution is -2.56. The molecule has 1 heterocycles. The molecule has 0 spiro atoms. The average molecular weight is 296 g/mol. The number of hydrogen-bond donors (Lipinski definition) is 3. The molecule has 1 amide bonds. The van der Waals surface area contributed by atoms with Crippen LogP contribution in [0.4, 0.5) is 13.2 Å². The second kappa shape index (κ2) is 5.89. The van der Waals surface area contributed by atoms with Crippen LogP contribution in [0.15, 0.2) is 0 Å². The Morgan fingerprint density at radius 1 is 1.40 bits per heavy atom. The second-order valence-corrected chi connectivity index (χ2v) is 6.41. The van der Waals surface area contributed by atoms with Gasteiger partial charge in [0.05, 0.1) is 0 Å². The van der Waals surface area contributed by atoms with E-state index in [-0.39, 0.29) is 26.0 Å². The molecule has 0 radical (unpaired) electrons. The predicted molar refractivity (Wildman–Crippen MR) is 69.1 cm³/mol. The minimum Gasteiger partial charge on any atom is -0.396 e. The number of amides is 1. The molecule has 20 heavy (non-hydrogen) atoms. The van der Waals surface area contributed by atoms with Crippen molar-refractivity contribution < 1.29 is 23.1 Å². The van der Waals surface area contributed by atoms with E-state index in [0.29, 0.717) is 0 Å². The van der Waals surface area contributed by atoms with Crippen molar-refractivity contribution in [3.05, 3.63) is 0 Å². The largest absolute Gasteiger partial charge is 0.404 e. The van der Waals surface area contributed by atoms with Crippen LogP contribution < -0.4 is 10.6 Å². The van der Waals surface area contributed by atoms with Crippen LogP contribution in [-0.4, -0.2) is 42.9 Å². The molecular weight excluding hydrogens is 273 g/mol. The van der Waals surface area contributed by atoms with Crippen LogP contribution in [-0.2, 0) is 4.79 Å². The average Bonchev–Trinajstić information content (AvgIpc) is 2.76. The highest BCUT2D eigenvalue weighted by molar-refractivity contribution is 5.84. The summed E-state index contributed by atoms with van der Waals surface area (Å²) >= 11 is 0. The van der Waals surface area contributed by atoms with Gasteiger partial charge in [-0.2, -0.15) is 13.2 Å². The fraction of sp³-hybridized carbons (Fsp3) is 0.923. The Kier molecular flexibility index (Phi) is 5.08. The zero-order valence-corrected chi connectivity index (χ0v) is 12.1. The quantitative estimate of drug-likeness (QED) is 0.736. The zero-order chi connectivity index (χ0) is 15.6. The van der Waals surface area contributed by atoms with Crippen molar-refractivity contribution in [3.63, 3.8) is 0 Å². The van der Waals surface area contributed by atoms with E-state index in [2.05, 4.69) is 10.6 Å². The van der Waals surface area contributed by atoms with Crippen LogP contribution in [0.2, 0.25) is 0 Å². The zero-order valence-electron chi connectivity index (χ0n) is 12.1. The number of carbonyl (C=O) groups is 1. The Balaban J connectivity index is 2.91. The van der Waals surface area contributed by atoms with E-state index >= 15 is 0 Å². The topological polar surface area (TPSA) is 61.4 Å². The van der Waals surface area contributed by atoms with Gasteiger partial charge in [0.15, 0.2) is 5.41 Å². The molecule has 0 aromatic carbocycles. The van der Waals surface area contributed by atoms with E-state index in [9.17, 15) is 18.0 Å². The highest BCUT2D eigenvalue weighted by atomic mass is 19.4. The summed E-state index contributed by atoms with van der Waals surface area (Å²) in [6.07, 6.45) is -4.60. The molecule has 0 aromatic heterocycles. The monoisotopic (exact) mass is 296 g/mol. The first-order chi connectivity index (χ1) is 9.04. The number of alkyl halides is 3. The minimum absolute atomic E-state index is 0.174. The summed E-state index contributed by atoms with van der Waals surface area (Å²) < 4.78 is 39.7. The lowest BCUT2D eigenvalue weighted by molar-refractivity contribution is -0.216. The van der Waals surface area contributed by atoms with Gasteiger partial charge in [-0.1, -0.05) is 20.8 Å². The van der Waals surface area contributed by atoms with Gasteiger partial charge in [0.25, 0.3) is 0 Å². The number of rotatable bonds is 4. The van der Waals surface area contributed by atoms with Crippen molar-refractivity contribution in [2.75, 3.05) is 19.7 Å². The summed E-state index contributed by atoms with van der Waals surface area (Å²) in [6.45, 7) is 5.06. The fourth-order valence-corrected chi connectivity index (χ4v) is 2.40. The number of hydrogen-bond acceptors (Lipinski definition) is 3. The minimum atomic E-state index is -4.58. The SMILES string of the molecule is CC(C)(C)C(CCO)NC(=O)C1(C(F)(F)F)CCNC1. The third-order valence-corrected chi connectivity index (χ3v) is 3.90. The molecule has 118 valence electrons. The van der Waals surface area contributed by atoms with Gasteiger partial charge in [-0.3, -0.25) is 4.79 Å². The van der Waals surface area contributed by atoms with Gasteiger partial charge in [0, 0.05) is 19.2 Å². The Bertz CT molecular complexity index is 345. The maximum absolute atomic E-state index is 13.2. The molecule has 2 unspecified atom stereocenters. The van der Waals surface area contributed by atoms with Crippen LogP contribution in [0.1, 0.15) is 33.6 Å². The molecule has 1 saturated heterocycles. The Morgan fingerprint density at radius 2 is 2.00 bits per heavy atom. The third kappa shape index (κ3) is 3.44. The molecule has 1 aliphatic rings. The highest BCUT2D eigenvalue weighted by Gasteiger charge is 2.61. The normalized spacial score (nSPS) is 25.6. The molecule has 1 rings (SSSR count). The molecule has 0 aliphatic carbocycles. The first kappa shape index (κ1) is 17.2. The van der Waals surface area contributed by atoms with E-state index < -0.39 is 35.5 Å². The van der Waals surface area contributed by atoms with Gasteiger partial charge >= 0.3 is 6.18 Å². The van der Waals surface area contributed by atoms with Crippen LogP contribution in [0, 0.1) is 10.8 Å². The summed E-state index contributed by atoms with van der Waals surface area (Å²) in [7, 11) is 0. The molecule has 1 fully saturated rings. The molecule has 1 aliphatic heterocycles. The van der Waals surface area contributed by atoms with Crippen molar-refractivity contribution in [1.82, 2.24) is 10.6 Å². The van der Waals surface area contributed by atoms with Crippen molar-refractivity contribution in [1.29, 1.82) is 0 Å². The Morgan fingerprint density at radius 3 is 2.35 bits per heavy atom. The van der Waals surface area contributed by atoms with Crippen LogP contribution in [0.25, 0.3) is 0 Å². The fourth-order valence-electron chi connectivity index (χ4n) is 2.40. The van der Waals surface area contributed by atoms with Gasteiger partial charge < -0.3 is 15.7 Å². The highest BCUT2D eigenvalue weighted by Crippen LogP contribution is 2.43. The first-order valence-corrected chi connectivity index (χ1v) is 6.74. The number of halogens is 3. The van der Waals surface area contributed by atoms with Gasteiger partial charge in [0.1, 0.15) is 0 Å². The molecule has 0 bridgehead atoms. The third-order valence-electron chi connectivity index (χ3n) is 3.90. The number of aliphatic hydroxyl groups is 1. The Labute approximate surface area is 117 Å². The van der Waals surface area contributed by atoms with Gasteiger partial charge in [-0.15, -0.1) is 0 Å². The van der Waals surface area contributed by atoms with Crippen molar-refractivity contribution in [2.24, 2.45) is 10.8 Å². The van der Waals surface area contributed by atoms with E-state index in [1.54, 1.807) is 0 Å². The van der Waals surface area contributed by atoms with Gasteiger partial charge in [-0.05, 0) is 24.8 Å². The standard InChI is InChI=1S/C13H23F3N2O2/c1-11(2,3)9(4-7-19)18-10(20)12(13(14,15)16)5-6-17-8-12/h9,17,19H,4-8H2,1-3H3,(H,18,20). The van der Waals surface area contributed by atoms with E-state index in [0.717, 1.165) is 0 Å². The number of aliphatic hydroxyl groups excluding tert-OH is 1. The summed E-state index contributed by atoms with van der Waals surface area (Å²) in [5.41, 5.74) is -2.77. The maximum atomic E-state index is 13.2. The summed E-state index contributed by atoms with van der Waals surface area (Å²) in [5.74, 6) is -0.997. The first-order valence-electron chi connectivity index (χ1n) is 6.74. The molecule has 0 aromatic rings. The van der Waals surface area contributed by atoms with Crippen molar-refractivity contribution >= 4 is 5.91 Å². The second-order valence-electron chi connectivity index (χ2n) is 6.41. The van der Waals surface area contributed by atoms with E-state index in [1.807, 2.05) is 20.8 Å². The summed E-state index contributed by atoms with van der Waals surface area (Å²) in [4.78, 5) is 12.2. The van der Waals surface area contributed by atoms with Crippen molar-refractivity contribution in [3.8, 4) is 0 Å². The molecule has 4 nitrogen and oxygen atoms in total. The lowest BCUT2D eigenvalue weighted by Gasteiger charge is -2.36. The maximum Gasteiger partial charge on any atom is 0.404 e. The lowest BCUT2D eigenvalue weighted by atomic mass is 9.81. The van der Waals surface area contributed by atoms with Crippen molar-refractivity contribution in [2.45, 2.75) is 45.8 Å².